The van der Waals surface area contributed by atoms with E-state index in [-0.39, 0.29) is 17.3 Å². The minimum absolute atomic E-state index is 0.0286. The summed E-state index contributed by atoms with van der Waals surface area (Å²) in [6.45, 7) is 7.22. The molecule has 88 valence electrons. The number of thioether (sulfide) groups is 1. The SMILES string of the molecule is CCOC(=O)C(CC)SC1CCOC1C. The molecule has 0 aromatic rings. The first-order valence-electron chi connectivity index (χ1n) is 5.62. The summed E-state index contributed by atoms with van der Waals surface area (Å²) >= 11 is 1.71. The predicted octanol–water partition coefficient (Wildman–Crippen LogP) is 2.24. The van der Waals surface area contributed by atoms with Gasteiger partial charge in [-0.15, -0.1) is 11.8 Å². The van der Waals surface area contributed by atoms with Crippen molar-refractivity contribution < 1.29 is 14.3 Å². The van der Waals surface area contributed by atoms with Crippen LogP contribution in [-0.4, -0.2) is 35.8 Å². The first kappa shape index (κ1) is 12.8. The van der Waals surface area contributed by atoms with E-state index in [1.807, 2.05) is 13.8 Å². The molecule has 0 spiro atoms. The van der Waals surface area contributed by atoms with Gasteiger partial charge in [0.2, 0.25) is 0 Å². The van der Waals surface area contributed by atoms with E-state index in [1.165, 1.54) is 0 Å². The number of hydrogen-bond donors (Lipinski definition) is 0. The van der Waals surface area contributed by atoms with Crippen LogP contribution in [0.4, 0.5) is 0 Å². The Bertz CT molecular complexity index is 208. The van der Waals surface area contributed by atoms with Crippen molar-refractivity contribution in [2.24, 2.45) is 0 Å². The summed E-state index contributed by atoms with van der Waals surface area (Å²) in [6.07, 6.45) is 2.13. The average Bonchev–Trinajstić information content (AvgIpc) is 2.61. The molecule has 3 unspecified atom stereocenters. The van der Waals surface area contributed by atoms with Crippen molar-refractivity contribution in [1.29, 1.82) is 0 Å². The fourth-order valence-corrected chi connectivity index (χ4v) is 2.98. The van der Waals surface area contributed by atoms with Crippen molar-refractivity contribution >= 4 is 17.7 Å². The molecule has 0 radical (unpaired) electrons. The van der Waals surface area contributed by atoms with E-state index in [2.05, 4.69) is 6.92 Å². The number of rotatable bonds is 5. The second-order valence-electron chi connectivity index (χ2n) is 3.69. The molecule has 0 bridgehead atoms. The molecule has 0 aromatic carbocycles. The van der Waals surface area contributed by atoms with Crippen molar-refractivity contribution in [2.45, 2.75) is 50.2 Å². The van der Waals surface area contributed by atoms with Gasteiger partial charge in [0.05, 0.1) is 12.7 Å². The van der Waals surface area contributed by atoms with E-state index >= 15 is 0 Å². The van der Waals surface area contributed by atoms with Gasteiger partial charge in [-0.2, -0.15) is 0 Å². The van der Waals surface area contributed by atoms with Gasteiger partial charge < -0.3 is 9.47 Å². The minimum Gasteiger partial charge on any atom is -0.465 e. The molecule has 1 rings (SSSR count). The lowest BCUT2D eigenvalue weighted by atomic mass is 10.2. The third kappa shape index (κ3) is 3.68. The maximum atomic E-state index is 11.6. The van der Waals surface area contributed by atoms with Crippen LogP contribution in [0.1, 0.15) is 33.6 Å². The Morgan fingerprint density at radius 2 is 2.33 bits per heavy atom. The van der Waals surface area contributed by atoms with Crippen LogP contribution < -0.4 is 0 Å². The van der Waals surface area contributed by atoms with E-state index in [9.17, 15) is 4.79 Å². The van der Waals surface area contributed by atoms with Gasteiger partial charge in [-0.25, -0.2) is 0 Å². The molecule has 0 aromatic heterocycles. The zero-order chi connectivity index (χ0) is 11.3. The van der Waals surface area contributed by atoms with Gasteiger partial charge in [-0.05, 0) is 26.7 Å². The van der Waals surface area contributed by atoms with Gasteiger partial charge in [0.15, 0.2) is 0 Å². The Morgan fingerprint density at radius 1 is 1.60 bits per heavy atom. The highest BCUT2D eigenvalue weighted by Gasteiger charge is 2.30. The van der Waals surface area contributed by atoms with Crippen molar-refractivity contribution in [1.82, 2.24) is 0 Å². The fourth-order valence-electron chi connectivity index (χ4n) is 1.66. The summed E-state index contributed by atoms with van der Waals surface area (Å²) in [5, 5.41) is 0.415. The monoisotopic (exact) mass is 232 g/mol. The van der Waals surface area contributed by atoms with Crippen molar-refractivity contribution in [2.75, 3.05) is 13.2 Å². The molecule has 0 N–H and O–H groups in total. The van der Waals surface area contributed by atoms with E-state index in [0.717, 1.165) is 19.4 Å². The molecule has 0 saturated carbocycles. The predicted molar refractivity (Wildman–Crippen MR) is 62.1 cm³/mol. The molecule has 0 aliphatic carbocycles. The molecule has 1 aliphatic rings. The van der Waals surface area contributed by atoms with Gasteiger partial charge in [-0.3, -0.25) is 4.79 Å². The smallest absolute Gasteiger partial charge is 0.319 e. The Morgan fingerprint density at radius 3 is 2.80 bits per heavy atom. The van der Waals surface area contributed by atoms with E-state index < -0.39 is 0 Å². The Labute approximate surface area is 95.9 Å². The molecule has 4 heteroatoms. The lowest BCUT2D eigenvalue weighted by Gasteiger charge is -2.19. The highest BCUT2D eigenvalue weighted by atomic mass is 32.2. The van der Waals surface area contributed by atoms with Crippen LogP contribution in [0.5, 0.6) is 0 Å². The number of hydrogen-bond acceptors (Lipinski definition) is 4. The summed E-state index contributed by atoms with van der Waals surface area (Å²) < 4.78 is 10.5. The lowest BCUT2D eigenvalue weighted by Crippen LogP contribution is -2.25. The van der Waals surface area contributed by atoms with Gasteiger partial charge in [0, 0.05) is 11.9 Å². The third-order valence-electron chi connectivity index (χ3n) is 2.57. The second-order valence-corrected chi connectivity index (χ2v) is 5.13. The lowest BCUT2D eigenvalue weighted by molar-refractivity contribution is -0.142. The fraction of sp³-hybridized carbons (Fsp3) is 0.909. The standard InChI is InChI=1S/C11H20O3S/c1-4-9(11(12)13-5-2)15-10-6-7-14-8(10)3/h8-10H,4-7H2,1-3H3. The normalized spacial score (nSPS) is 27.7. The Balaban J connectivity index is 2.41. The quantitative estimate of drug-likeness (QED) is 0.681. The van der Waals surface area contributed by atoms with Crippen molar-refractivity contribution in [3.05, 3.63) is 0 Å². The minimum atomic E-state index is -0.0795. The van der Waals surface area contributed by atoms with E-state index in [4.69, 9.17) is 9.47 Å². The first-order chi connectivity index (χ1) is 7.19. The van der Waals surface area contributed by atoms with Crippen molar-refractivity contribution in [3.63, 3.8) is 0 Å². The molecule has 3 atom stereocenters. The maximum Gasteiger partial charge on any atom is 0.319 e. The van der Waals surface area contributed by atoms with Gasteiger partial charge in [0.1, 0.15) is 5.25 Å². The van der Waals surface area contributed by atoms with Crippen molar-refractivity contribution in [3.8, 4) is 0 Å². The highest BCUT2D eigenvalue weighted by Crippen LogP contribution is 2.31. The first-order valence-corrected chi connectivity index (χ1v) is 6.57. The average molecular weight is 232 g/mol. The molecule has 1 fully saturated rings. The van der Waals surface area contributed by atoms with Crippen LogP contribution in [0, 0.1) is 0 Å². The second kappa shape index (κ2) is 6.38. The number of carbonyl (C=O) groups excluding carboxylic acids is 1. The van der Waals surface area contributed by atoms with Crippen LogP contribution in [0.3, 0.4) is 0 Å². The Kier molecular flexibility index (Phi) is 5.47. The molecule has 1 aliphatic heterocycles. The topological polar surface area (TPSA) is 35.5 Å². The Hall–Kier alpha value is -0.220. The summed E-state index contributed by atoms with van der Waals surface area (Å²) in [5.74, 6) is -0.0795. The molecule has 15 heavy (non-hydrogen) atoms. The maximum absolute atomic E-state index is 11.6. The molecule has 1 saturated heterocycles. The van der Waals surface area contributed by atoms with Crippen LogP contribution >= 0.6 is 11.8 Å². The van der Waals surface area contributed by atoms with E-state index in [0.29, 0.717) is 11.9 Å². The molecule has 1 heterocycles. The summed E-state index contributed by atoms with van der Waals surface area (Å²) in [4.78, 5) is 11.6. The highest BCUT2D eigenvalue weighted by molar-refractivity contribution is 8.01. The third-order valence-corrected chi connectivity index (χ3v) is 4.39. The van der Waals surface area contributed by atoms with Crippen LogP contribution in [0.25, 0.3) is 0 Å². The molecule has 3 nitrogen and oxygen atoms in total. The van der Waals surface area contributed by atoms with Crippen LogP contribution in [-0.2, 0) is 14.3 Å². The number of esters is 1. The summed E-state index contributed by atoms with van der Waals surface area (Å²) in [5.41, 5.74) is 0. The summed E-state index contributed by atoms with van der Waals surface area (Å²) in [7, 11) is 0. The van der Waals surface area contributed by atoms with Crippen LogP contribution in [0.2, 0.25) is 0 Å². The molecular formula is C11H20O3S. The number of carbonyl (C=O) groups is 1. The zero-order valence-corrected chi connectivity index (χ0v) is 10.5. The van der Waals surface area contributed by atoms with Gasteiger partial charge in [-0.1, -0.05) is 6.92 Å². The van der Waals surface area contributed by atoms with Crippen LogP contribution in [0.15, 0.2) is 0 Å². The van der Waals surface area contributed by atoms with Gasteiger partial charge >= 0.3 is 5.97 Å². The molecular weight excluding hydrogens is 212 g/mol. The largest absolute Gasteiger partial charge is 0.465 e. The van der Waals surface area contributed by atoms with E-state index in [1.54, 1.807) is 11.8 Å². The summed E-state index contributed by atoms with van der Waals surface area (Å²) in [6, 6.07) is 0. The number of ether oxygens (including phenoxy) is 2. The molecule has 0 amide bonds. The zero-order valence-electron chi connectivity index (χ0n) is 9.69. The van der Waals surface area contributed by atoms with Gasteiger partial charge in [0.25, 0.3) is 0 Å².